The molecule has 1 saturated heterocycles. The van der Waals surface area contributed by atoms with Crippen molar-refractivity contribution < 1.29 is 32.3 Å². The highest BCUT2D eigenvalue weighted by atomic mass is 35.5. The molecule has 0 bridgehead atoms. The second-order valence-electron chi connectivity index (χ2n) is 18.4. The number of ether oxygens (including phenoxy) is 2. The van der Waals surface area contributed by atoms with E-state index in [0.29, 0.717) is 23.1 Å². The smallest absolute Gasteiger partial charge is 0.221 e. The second-order valence-corrected chi connectivity index (χ2v) is 36.7. The number of hydrogen-bond acceptors (Lipinski definition) is 7. The topological polar surface area (TPSA) is 75.6 Å². The maximum Gasteiger partial charge on any atom is 0.221 e. The summed E-state index contributed by atoms with van der Waals surface area (Å²) >= 11 is 6.85. The SMILES string of the molecule is C[Si](C)(C)OC[C@H]1OC(O)(c2ccc(Cl)c(Cc3ccc(O[C@H]4C[C@@H]5C[C@@H]5C4)cc3)c2)[C@H](O[Si](C)(C)C)[C@@H](O[Si](C)(C)C)[C@@H]1O[Si](C)(C)C. The predicted molar refractivity (Wildman–Crippen MR) is 209 cm³/mol. The van der Waals surface area contributed by atoms with Crippen molar-refractivity contribution in [1.29, 1.82) is 0 Å². The molecule has 3 fully saturated rings. The van der Waals surface area contributed by atoms with Crippen molar-refractivity contribution in [3.05, 3.63) is 64.2 Å². The first kappa shape index (κ1) is 39.4. The van der Waals surface area contributed by atoms with Gasteiger partial charge in [-0.15, -0.1) is 0 Å². The number of halogens is 1. The monoisotopic (exact) mass is 764 g/mol. The molecular formula is C37H61ClO7Si4. The summed E-state index contributed by atoms with van der Waals surface area (Å²) in [5, 5.41) is 13.6. The maximum atomic E-state index is 13.0. The van der Waals surface area contributed by atoms with Crippen LogP contribution in [-0.4, -0.2) is 75.5 Å². The molecule has 1 N–H and O–H groups in total. The predicted octanol–water partition coefficient (Wildman–Crippen LogP) is 9.16. The summed E-state index contributed by atoms with van der Waals surface area (Å²) in [6.45, 7) is 26.2. The third-order valence-electron chi connectivity index (χ3n) is 9.13. The number of hydrogen-bond donors (Lipinski definition) is 1. The first-order valence-electron chi connectivity index (χ1n) is 18.1. The fourth-order valence-electron chi connectivity index (χ4n) is 7.07. The quantitative estimate of drug-likeness (QED) is 0.192. The molecule has 0 radical (unpaired) electrons. The molecule has 2 aliphatic carbocycles. The minimum Gasteiger partial charge on any atom is -0.490 e. The van der Waals surface area contributed by atoms with Crippen molar-refractivity contribution in [3.63, 3.8) is 0 Å². The second kappa shape index (κ2) is 14.5. The van der Waals surface area contributed by atoms with Crippen LogP contribution < -0.4 is 4.74 Å². The Bertz CT molecular complexity index is 1420. The first-order valence-corrected chi connectivity index (χ1v) is 32.1. The number of rotatable bonds is 14. The molecule has 0 aromatic heterocycles. The lowest BCUT2D eigenvalue weighted by atomic mass is 9.87. The highest BCUT2D eigenvalue weighted by molar-refractivity contribution is 6.71. The Kier molecular flexibility index (Phi) is 11.7. The molecule has 1 unspecified atom stereocenters. The van der Waals surface area contributed by atoms with Crippen LogP contribution >= 0.6 is 11.6 Å². The molecule has 2 saturated carbocycles. The summed E-state index contributed by atoms with van der Waals surface area (Å²) in [6.07, 6.45) is 2.23. The Balaban J connectivity index is 1.50. The molecule has 1 aliphatic heterocycles. The van der Waals surface area contributed by atoms with Gasteiger partial charge in [0.05, 0.1) is 12.7 Å². The van der Waals surface area contributed by atoms with Crippen molar-refractivity contribution >= 4 is 44.9 Å². The number of aliphatic hydroxyl groups is 1. The van der Waals surface area contributed by atoms with Crippen molar-refractivity contribution in [3.8, 4) is 5.75 Å². The number of benzene rings is 2. The van der Waals surface area contributed by atoms with Crippen molar-refractivity contribution in [2.24, 2.45) is 11.8 Å². The lowest BCUT2D eigenvalue weighted by Gasteiger charge is -2.54. The minimum absolute atomic E-state index is 0.287. The van der Waals surface area contributed by atoms with Crippen molar-refractivity contribution in [2.45, 2.75) is 141 Å². The molecule has 49 heavy (non-hydrogen) atoms. The Morgan fingerprint density at radius 3 is 1.86 bits per heavy atom. The van der Waals surface area contributed by atoms with Crippen LogP contribution in [0.4, 0.5) is 0 Å². The molecule has 0 amide bonds. The Labute approximate surface area is 304 Å². The summed E-state index contributed by atoms with van der Waals surface area (Å²) in [4.78, 5) is 0. The molecule has 1 heterocycles. The van der Waals surface area contributed by atoms with Gasteiger partial charge < -0.3 is 32.3 Å². The van der Waals surface area contributed by atoms with Gasteiger partial charge in [0.1, 0.15) is 30.2 Å². The van der Waals surface area contributed by atoms with Gasteiger partial charge in [-0.25, -0.2) is 0 Å². The lowest BCUT2D eigenvalue weighted by Crippen LogP contribution is -2.69. The molecule has 8 atom stereocenters. The zero-order valence-electron chi connectivity index (χ0n) is 31.9. The zero-order valence-corrected chi connectivity index (χ0v) is 36.6. The van der Waals surface area contributed by atoms with E-state index in [1.165, 1.54) is 19.3 Å². The van der Waals surface area contributed by atoms with Crippen molar-refractivity contribution in [1.82, 2.24) is 0 Å². The Morgan fingerprint density at radius 1 is 0.735 bits per heavy atom. The molecule has 5 rings (SSSR count). The molecule has 2 aromatic rings. The lowest BCUT2D eigenvalue weighted by molar-refractivity contribution is -0.348. The molecule has 0 spiro atoms. The van der Waals surface area contributed by atoms with Gasteiger partial charge in [-0.3, -0.25) is 0 Å². The van der Waals surface area contributed by atoms with Crippen LogP contribution in [0.3, 0.4) is 0 Å². The van der Waals surface area contributed by atoms with Crippen molar-refractivity contribution in [2.75, 3.05) is 6.61 Å². The average Bonchev–Trinajstić information content (AvgIpc) is 3.56. The molecule has 3 aliphatic rings. The molecule has 7 nitrogen and oxygen atoms in total. The average molecular weight is 766 g/mol. The van der Waals surface area contributed by atoms with Crippen LogP contribution in [0.5, 0.6) is 5.75 Å². The Hall–Kier alpha value is -0.842. The normalized spacial score (nSPS) is 30.7. The van der Waals surface area contributed by atoms with E-state index in [-0.39, 0.29) is 6.61 Å². The van der Waals surface area contributed by atoms with E-state index >= 15 is 0 Å². The van der Waals surface area contributed by atoms with Gasteiger partial charge in [0.15, 0.2) is 33.3 Å². The van der Waals surface area contributed by atoms with Crippen LogP contribution in [0, 0.1) is 11.8 Å². The highest BCUT2D eigenvalue weighted by Crippen LogP contribution is 2.52. The fourth-order valence-corrected chi connectivity index (χ4v) is 11.1. The van der Waals surface area contributed by atoms with Gasteiger partial charge in [-0.05, 0) is 151 Å². The zero-order chi connectivity index (χ0) is 36.2. The van der Waals surface area contributed by atoms with E-state index in [0.717, 1.165) is 28.7 Å². The van der Waals surface area contributed by atoms with Crippen LogP contribution in [0.2, 0.25) is 83.6 Å². The minimum atomic E-state index is -2.26. The maximum absolute atomic E-state index is 13.0. The van der Waals surface area contributed by atoms with Gasteiger partial charge >= 0.3 is 0 Å². The van der Waals surface area contributed by atoms with Crippen LogP contribution in [0.25, 0.3) is 0 Å². The third-order valence-corrected chi connectivity index (χ3v) is 13.4. The van der Waals surface area contributed by atoms with E-state index in [2.05, 4.69) is 103 Å². The fraction of sp³-hybridized carbons (Fsp3) is 0.676. The van der Waals surface area contributed by atoms with E-state index in [1.807, 2.05) is 18.2 Å². The molecule has 274 valence electrons. The van der Waals surface area contributed by atoms with E-state index in [1.54, 1.807) is 0 Å². The summed E-state index contributed by atoms with van der Waals surface area (Å²) in [6, 6.07) is 14.0. The Morgan fingerprint density at radius 2 is 1.31 bits per heavy atom. The summed E-state index contributed by atoms with van der Waals surface area (Å²) in [7, 11) is -8.49. The van der Waals surface area contributed by atoms with Gasteiger partial charge in [-0.1, -0.05) is 29.8 Å². The summed E-state index contributed by atoms with van der Waals surface area (Å²) in [5.74, 6) is 0.853. The van der Waals surface area contributed by atoms with Gasteiger partial charge in [-0.2, -0.15) is 0 Å². The van der Waals surface area contributed by atoms with Crippen LogP contribution in [0.1, 0.15) is 36.0 Å². The van der Waals surface area contributed by atoms with Crippen LogP contribution in [0.15, 0.2) is 42.5 Å². The largest absolute Gasteiger partial charge is 0.490 e. The van der Waals surface area contributed by atoms with Gasteiger partial charge in [0, 0.05) is 10.6 Å². The van der Waals surface area contributed by atoms with Gasteiger partial charge in [0.25, 0.3) is 0 Å². The third kappa shape index (κ3) is 10.8. The first-order chi connectivity index (χ1) is 22.5. The number of fused-ring (bicyclic) bond motifs is 1. The van der Waals surface area contributed by atoms with E-state index in [9.17, 15) is 5.11 Å². The van der Waals surface area contributed by atoms with E-state index < -0.39 is 63.5 Å². The highest BCUT2D eigenvalue weighted by Gasteiger charge is 2.59. The summed E-state index contributed by atoms with van der Waals surface area (Å²) in [5.41, 5.74) is 2.59. The molecule has 2 aromatic carbocycles. The van der Waals surface area contributed by atoms with E-state index in [4.69, 9.17) is 38.8 Å². The summed E-state index contributed by atoms with van der Waals surface area (Å²) < 4.78 is 40.5. The van der Waals surface area contributed by atoms with Crippen LogP contribution in [-0.2, 0) is 34.6 Å². The molecular weight excluding hydrogens is 704 g/mol. The standard InChI is InChI=1S/C37H61ClO7Si4/c1-46(2,3)40-24-33-34(43-47(4,5)6)35(44-48(7,8)9)36(45-49(10,11)12)37(39,42-33)29-15-18-32(38)28(21-29)19-25-13-16-30(17-14-25)41-31-22-26-20-27(26)23-31/h13-18,21,26-27,31,33-36,39H,19-20,22-24H2,1-12H3/t26-,27+,31-,33-,34-,35+,36-,37?/m1/s1. The van der Waals surface area contributed by atoms with Gasteiger partial charge in [0.2, 0.25) is 5.79 Å². The molecule has 12 heteroatoms.